The fraction of sp³-hybridized carbons (Fsp3) is 0.588. The highest BCUT2D eigenvalue weighted by atomic mass is 16.2. The number of carbonyl (C=O) groups excluding carboxylic acids is 1. The second kappa shape index (κ2) is 7.16. The van der Waals surface area contributed by atoms with Crippen molar-refractivity contribution in [2.45, 2.75) is 51.1 Å². The first-order valence-corrected chi connectivity index (χ1v) is 9.00. The Hall–Kier alpha value is -2.51. The molecule has 1 fully saturated rings. The van der Waals surface area contributed by atoms with E-state index >= 15 is 0 Å². The Bertz CT molecular complexity index is 723. The molecule has 1 aliphatic carbocycles. The van der Waals surface area contributed by atoms with Crippen LogP contribution in [-0.4, -0.2) is 50.0 Å². The minimum absolute atomic E-state index is 0.0162. The van der Waals surface area contributed by atoms with Gasteiger partial charge in [-0.1, -0.05) is 0 Å². The number of anilines is 1. The first kappa shape index (κ1) is 16.0. The zero-order valence-electron chi connectivity index (χ0n) is 14.3. The zero-order valence-corrected chi connectivity index (χ0v) is 14.3. The standard InChI is InChI=1S/C17H23N7O/c25-17(10-24-12-18-11-19-24)20-14-5-7-23(8-6-14)16-9-13-3-1-2-4-15(13)21-22-16/h9,11-12,14H,1-8,10H2,(H,20,25). The lowest BCUT2D eigenvalue weighted by atomic mass is 9.96. The fourth-order valence-electron chi connectivity index (χ4n) is 3.62. The molecule has 0 spiro atoms. The maximum absolute atomic E-state index is 12.1. The number of fused-ring (bicyclic) bond motifs is 1. The molecule has 25 heavy (non-hydrogen) atoms. The number of nitrogens with one attached hydrogen (secondary N) is 1. The SMILES string of the molecule is O=C(Cn1cncn1)NC1CCN(c2cc3c(nn2)CCCC3)CC1. The molecule has 1 saturated heterocycles. The van der Waals surface area contributed by atoms with Gasteiger partial charge in [0.1, 0.15) is 19.2 Å². The molecule has 1 amide bonds. The molecule has 0 bridgehead atoms. The Kier molecular flexibility index (Phi) is 4.58. The van der Waals surface area contributed by atoms with Gasteiger partial charge in [-0.3, -0.25) is 4.79 Å². The van der Waals surface area contributed by atoms with Crippen LogP contribution in [0.25, 0.3) is 0 Å². The summed E-state index contributed by atoms with van der Waals surface area (Å²) in [5.41, 5.74) is 2.53. The third kappa shape index (κ3) is 3.78. The van der Waals surface area contributed by atoms with Crippen LogP contribution in [0, 0.1) is 0 Å². The molecule has 1 N–H and O–H groups in total. The summed E-state index contributed by atoms with van der Waals surface area (Å²) in [7, 11) is 0. The normalized spacial score (nSPS) is 18.0. The van der Waals surface area contributed by atoms with Crippen LogP contribution < -0.4 is 10.2 Å². The third-order valence-electron chi connectivity index (χ3n) is 5.01. The maximum atomic E-state index is 12.1. The molecular formula is C17H23N7O. The largest absolute Gasteiger partial charge is 0.355 e. The highest BCUT2D eigenvalue weighted by Gasteiger charge is 2.23. The van der Waals surface area contributed by atoms with Gasteiger partial charge in [-0.25, -0.2) is 9.67 Å². The van der Waals surface area contributed by atoms with Crippen molar-refractivity contribution in [2.24, 2.45) is 0 Å². The number of rotatable bonds is 4. The van der Waals surface area contributed by atoms with Crippen LogP contribution in [-0.2, 0) is 24.2 Å². The van der Waals surface area contributed by atoms with E-state index in [2.05, 4.69) is 36.6 Å². The Labute approximate surface area is 146 Å². The topological polar surface area (TPSA) is 88.8 Å². The van der Waals surface area contributed by atoms with E-state index in [0.717, 1.165) is 44.6 Å². The number of hydrogen-bond donors (Lipinski definition) is 1. The van der Waals surface area contributed by atoms with Crippen molar-refractivity contribution in [2.75, 3.05) is 18.0 Å². The second-order valence-electron chi connectivity index (χ2n) is 6.80. The van der Waals surface area contributed by atoms with Crippen molar-refractivity contribution in [1.82, 2.24) is 30.3 Å². The number of hydrogen-bond acceptors (Lipinski definition) is 6. The molecule has 2 aliphatic rings. The third-order valence-corrected chi connectivity index (χ3v) is 5.01. The van der Waals surface area contributed by atoms with Gasteiger partial charge < -0.3 is 10.2 Å². The second-order valence-corrected chi connectivity index (χ2v) is 6.80. The molecule has 3 heterocycles. The van der Waals surface area contributed by atoms with E-state index in [0.29, 0.717) is 0 Å². The van der Waals surface area contributed by atoms with Crippen LogP contribution in [0.3, 0.4) is 0 Å². The highest BCUT2D eigenvalue weighted by Crippen LogP contribution is 2.24. The van der Waals surface area contributed by atoms with E-state index in [4.69, 9.17) is 0 Å². The minimum atomic E-state index is -0.0162. The summed E-state index contributed by atoms with van der Waals surface area (Å²) in [4.78, 5) is 18.2. The van der Waals surface area contributed by atoms with Gasteiger partial charge in [-0.15, -0.1) is 5.10 Å². The lowest BCUT2D eigenvalue weighted by Gasteiger charge is -2.33. The van der Waals surface area contributed by atoms with Crippen LogP contribution in [0.4, 0.5) is 5.82 Å². The fourth-order valence-corrected chi connectivity index (χ4v) is 3.62. The molecule has 4 rings (SSSR count). The molecule has 2 aromatic rings. The summed E-state index contributed by atoms with van der Waals surface area (Å²) in [5, 5.41) is 15.9. The summed E-state index contributed by atoms with van der Waals surface area (Å²) in [6.45, 7) is 2.00. The maximum Gasteiger partial charge on any atom is 0.242 e. The minimum Gasteiger partial charge on any atom is -0.355 e. The first-order chi connectivity index (χ1) is 12.3. The molecule has 0 saturated carbocycles. The van der Waals surface area contributed by atoms with Crippen LogP contribution in [0.1, 0.15) is 36.9 Å². The molecule has 2 aromatic heterocycles. The predicted molar refractivity (Wildman–Crippen MR) is 92.1 cm³/mol. The van der Waals surface area contributed by atoms with E-state index in [1.54, 1.807) is 6.33 Å². The first-order valence-electron chi connectivity index (χ1n) is 9.00. The van der Waals surface area contributed by atoms with Gasteiger partial charge in [-0.05, 0) is 50.2 Å². The summed E-state index contributed by atoms with van der Waals surface area (Å²) in [6.07, 6.45) is 9.47. The molecule has 8 heteroatoms. The molecule has 8 nitrogen and oxygen atoms in total. The van der Waals surface area contributed by atoms with Crippen LogP contribution in [0.2, 0.25) is 0 Å². The van der Waals surface area contributed by atoms with Crippen molar-refractivity contribution >= 4 is 11.7 Å². The van der Waals surface area contributed by atoms with Crippen molar-refractivity contribution in [1.29, 1.82) is 0 Å². The Morgan fingerprint density at radius 1 is 1.20 bits per heavy atom. The lowest BCUT2D eigenvalue weighted by molar-refractivity contribution is -0.122. The molecule has 1 aliphatic heterocycles. The molecular weight excluding hydrogens is 318 g/mol. The van der Waals surface area contributed by atoms with E-state index in [1.807, 2.05) is 0 Å². The van der Waals surface area contributed by atoms with Gasteiger partial charge in [0.25, 0.3) is 0 Å². The molecule has 0 aromatic carbocycles. The van der Waals surface area contributed by atoms with Crippen LogP contribution in [0.15, 0.2) is 18.7 Å². The number of aryl methyl sites for hydroxylation is 2. The monoisotopic (exact) mass is 341 g/mol. The summed E-state index contributed by atoms with van der Waals surface area (Å²) in [5.74, 6) is 0.963. The number of aromatic nitrogens is 5. The number of nitrogens with zero attached hydrogens (tertiary/aromatic N) is 6. The van der Waals surface area contributed by atoms with E-state index in [-0.39, 0.29) is 18.5 Å². The number of amides is 1. The predicted octanol–water partition coefficient (Wildman–Crippen LogP) is 0.732. The zero-order chi connectivity index (χ0) is 17.1. The number of carbonyl (C=O) groups is 1. The summed E-state index contributed by atoms with van der Waals surface area (Å²) in [6, 6.07) is 2.42. The van der Waals surface area contributed by atoms with Gasteiger partial charge >= 0.3 is 0 Å². The van der Waals surface area contributed by atoms with Gasteiger partial charge in [0.15, 0.2) is 5.82 Å². The number of piperidine rings is 1. The molecule has 0 unspecified atom stereocenters. The van der Waals surface area contributed by atoms with Crippen molar-refractivity contribution in [3.63, 3.8) is 0 Å². The van der Waals surface area contributed by atoms with E-state index in [1.165, 1.54) is 35.1 Å². The van der Waals surface area contributed by atoms with E-state index in [9.17, 15) is 4.79 Å². The smallest absolute Gasteiger partial charge is 0.242 e. The molecule has 0 atom stereocenters. The lowest BCUT2D eigenvalue weighted by Crippen LogP contribution is -2.45. The van der Waals surface area contributed by atoms with E-state index < -0.39 is 0 Å². The van der Waals surface area contributed by atoms with Crippen molar-refractivity contribution in [3.05, 3.63) is 30.0 Å². The Morgan fingerprint density at radius 3 is 2.84 bits per heavy atom. The van der Waals surface area contributed by atoms with Gasteiger partial charge in [-0.2, -0.15) is 10.2 Å². The molecule has 132 valence electrons. The van der Waals surface area contributed by atoms with Gasteiger partial charge in [0.05, 0.1) is 5.69 Å². The molecule has 0 radical (unpaired) electrons. The quantitative estimate of drug-likeness (QED) is 0.882. The average molecular weight is 341 g/mol. The average Bonchev–Trinajstić information content (AvgIpc) is 3.15. The van der Waals surface area contributed by atoms with Crippen LogP contribution >= 0.6 is 0 Å². The summed E-state index contributed by atoms with van der Waals surface area (Å²) < 4.78 is 1.53. The Morgan fingerprint density at radius 2 is 2.04 bits per heavy atom. The summed E-state index contributed by atoms with van der Waals surface area (Å²) >= 11 is 0. The van der Waals surface area contributed by atoms with Gasteiger partial charge in [0.2, 0.25) is 5.91 Å². The highest BCUT2D eigenvalue weighted by molar-refractivity contribution is 5.75. The van der Waals surface area contributed by atoms with Crippen molar-refractivity contribution in [3.8, 4) is 0 Å². The Balaban J connectivity index is 1.30. The van der Waals surface area contributed by atoms with Crippen molar-refractivity contribution < 1.29 is 4.79 Å². The van der Waals surface area contributed by atoms with Gasteiger partial charge in [0, 0.05) is 19.1 Å². The van der Waals surface area contributed by atoms with Crippen LogP contribution in [0.5, 0.6) is 0 Å².